The number of hydrogen-bond acceptors (Lipinski definition) is 5. The summed E-state index contributed by atoms with van der Waals surface area (Å²) in [4.78, 5) is 27.3. The van der Waals surface area contributed by atoms with Crippen LogP contribution in [0.15, 0.2) is 47.1 Å². The highest BCUT2D eigenvalue weighted by molar-refractivity contribution is 7.17. The van der Waals surface area contributed by atoms with Gasteiger partial charge in [0, 0.05) is 23.6 Å². The Hall–Kier alpha value is -3.39. The number of ether oxygens (including phenoxy) is 1. The lowest BCUT2D eigenvalue weighted by atomic mass is 9.95. The Morgan fingerprint density at radius 3 is 2.88 bits per heavy atom. The molecule has 1 N–H and O–H groups in total. The lowest BCUT2D eigenvalue weighted by Gasteiger charge is -2.13. The number of carbonyl (C=O) groups excluding carboxylic acids is 2. The summed E-state index contributed by atoms with van der Waals surface area (Å²) in [7, 11) is 0. The number of anilines is 1. The minimum atomic E-state index is -0.406. The zero-order valence-corrected chi connectivity index (χ0v) is 19.0. The van der Waals surface area contributed by atoms with E-state index in [1.165, 1.54) is 23.5 Å². The topological polar surface area (TPSA) is 73.5 Å². The first-order valence-corrected chi connectivity index (χ1v) is 11.8. The van der Waals surface area contributed by atoms with Crippen LogP contribution in [0.1, 0.15) is 56.6 Å². The molecule has 0 saturated heterocycles. The molecule has 0 atom stereocenters. The van der Waals surface area contributed by atoms with Crippen LogP contribution in [0.3, 0.4) is 0 Å². The van der Waals surface area contributed by atoms with Gasteiger partial charge in [0.05, 0.1) is 24.0 Å². The van der Waals surface area contributed by atoms with Crippen LogP contribution in [0.5, 0.6) is 0 Å². The van der Waals surface area contributed by atoms with Gasteiger partial charge < -0.3 is 19.0 Å². The molecule has 1 aliphatic rings. The molecule has 4 aromatic rings. The fourth-order valence-electron chi connectivity index (χ4n) is 4.39. The zero-order chi connectivity index (χ0) is 22.9. The van der Waals surface area contributed by atoms with E-state index in [9.17, 15) is 14.0 Å². The summed E-state index contributed by atoms with van der Waals surface area (Å²) in [5, 5.41) is 3.47. The van der Waals surface area contributed by atoms with Crippen LogP contribution in [0.2, 0.25) is 0 Å². The number of furan rings is 1. The van der Waals surface area contributed by atoms with Gasteiger partial charge in [-0.2, -0.15) is 0 Å². The van der Waals surface area contributed by atoms with Crippen molar-refractivity contribution in [3.8, 4) is 0 Å². The quantitative estimate of drug-likeness (QED) is 0.365. The van der Waals surface area contributed by atoms with Crippen molar-refractivity contribution < 1.29 is 23.1 Å². The summed E-state index contributed by atoms with van der Waals surface area (Å²) < 4.78 is 26.3. The lowest BCUT2D eigenvalue weighted by Crippen LogP contribution is -2.19. The van der Waals surface area contributed by atoms with Crippen molar-refractivity contribution in [1.29, 1.82) is 0 Å². The maximum Gasteiger partial charge on any atom is 0.341 e. The number of fused-ring (bicyclic) bond motifs is 2. The molecule has 0 bridgehead atoms. The number of nitrogens with zero attached hydrogens (tertiary/aromatic N) is 1. The number of halogens is 1. The summed E-state index contributed by atoms with van der Waals surface area (Å²) >= 11 is 1.44. The minimum Gasteiger partial charge on any atom is -0.463 e. The standard InChI is InChI=1S/C25H23FN2O4S/c1-2-31-25(30)22-17-8-3-4-9-21(17)33-24(22)27-23(29)19-13-20-18(10-11-32-20)28(19)14-15-6-5-7-16(26)12-15/h5-7,10-13H,2-4,8-9,14H2,1H3,(H,27,29). The molecule has 8 heteroatoms. The van der Waals surface area contributed by atoms with Gasteiger partial charge in [-0.3, -0.25) is 4.79 Å². The predicted octanol–water partition coefficient (Wildman–Crippen LogP) is 5.79. The number of hydrogen-bond donors (Lipinski definition) is 1. The second-order valence-electron chi connectivity index (χ2n) is 8.01. The fourth-order valence-corrected chi connectivity index (χ4v) is 5.67. The van der Waals surface area contributed by atoms with Crippen LogP contribution in [-0.4, -0.2) is 23.1 Å². The van der Waals surface area contributed by atoms with E-state index in [0.29, 0.717) is 28.4 Å². The van der Waals surface area contributed by atoms with E-state index in [0.717, 1.165) is 47.2 Å². The average molecular weight is 467 g/mol. The number of esters is 1. The molecule has 0 fully saturated rings. The third kappa shape index (κ3) is 4.06. The van der Waals surface area contributed by atoms with E-state index in [1.807, 2.05) is 6.07 Å². The molecule has 3 aromatic heterocycles. The zero-order valence-electron chi connectivity index (χ0n) is 18.2. The Labute approximate surface area is 194 Å². The Morgan fingerprint density at radius 1 is 1.21 bits per heavy atom. The molecule has 0 unspecified atom stereocenters. The number of nitrogens with one attached hydrogen (secondary N) is 1. The SMILES string of the molecule is CCOC(=O)c1c(NC(=O)c2cc3occc3n2Cc2cccc(F)c2)sc2c1CCCC2. The Kier molecular flexibility index (Phi) is 5.76. The van der Waals surface area contributed by atoms with Gasteiger partial charge in [-0.15, -0.1) is 11.3 Å². The predicted molar refractivity (Wildman–Crippen MR) is 125 cm³/mol. The number of thiophene rings is 1. The van der Waals surface area contributed by atoms with Gasteiger partial charge in [0.1, 0.15) is 16.5 Å². The molecular weight excluding hydrogens is 443 g/mol. The van der Waals surface area contributed by atoms with E-state index >= 15 is 0 Å². The van der Waals surface area contributed by atoms with Crippen molar-refractivity contribution >= 4 is 39.3 Å². The molecule has 0 saturated carbocycles. The van der Waals surface area contributed by atoms with Crippen LogP contribution in [-0.2, 0) is 24.1 Å². The summed E-state index contributed by atoms with van der Waals surface area (Å²) in [6.45, 7) is 2.34. The molecule has 5 rings (SSSR count). The molecule has 3 heterocycles. The smallest absolute Gasteiger partial charge is 0.341 e. The van der Waals surface area contributed by atoms with Crippen LogP contribution in [0.4, 0.5) is 9.39 Å². The molecule has 0 radical (unpaired) electrons. The first-order valence-electron chi connectivity index (χ1n) is 11.0. The van der Waals surface area contributed by atoms with E-state index in [-0.39, 0.29) is 18.3 Å². The molecule has 0 spiro atoms. The van der Waals surface area contributed by atoms with Gasteiger partial charge in [-0.05, 0) is 55.9 Å². The summed E-state index contributed by atoms with van der Waals surface area (Å²) in [5.74, 6) is -1.10. The molecule has 0 aliphatic heterocycles. The Bertz CT molecular complexity index is 1350. The molecule has 170 valence electrons. The number of amides is 1. The van der Waals surface area contributed by atoms with Gasteiger partial charge in [0.2, 0.25) is 0 Å². The maximum absolute atomic E-state index is 13.7. The monoisotopic (exact) mass is 466 g/mol. The first kappa shape index (κ1) is 21.5. The molecular formula is C25H23FN2O4S. The van der Waals surface area contributed by atoms with E-state index in [1.54, 1.807) is 36.0 Å². The number of aryl methyl sites for hydroxylation is 1. The van der Waals surface area contributed by atoms with Gasteiger partial charge in [0.25, 0.3) is 5.91 Å². The number of benzene rings is 1. The van der Waals surface area contributed by atoms with Gasteiger partial charge in [0.15, 0.2) is 5.58 Å². The number of carbonyl (C=O) groups is 2. The molecule has 1 aliphatic carbocycles. The molecule has 6 nitrogen and oxygen atoms in total. The largest absolute Gasteiger partial charge is 0.463 e. The molecule has 1 amide bonds. The van der Waals surface area contributed by atoms with E-state index in [2.05, 4.69) is 5.32 Å². The van der Waals surface area contributed by atoms with Crippen molar-refractivity contribution in [2.45, 2.75) is 39.2 Å². The van der Waals surface area contributed by atoms with Crippen molar-refractivity contribution in [3.05, 3.63) is 75.7 Å². The Morgan fingerprint density at radius 2 is 2.06 bits per heavy atom. The van der Waals surface area contributed by atoms with Crippen molar-refractivity contribution in [1.82, 2.24) is 4.57 Å². The summed E-state index contributed by atoms with van der Waals surface area (Å²) in [6, 6.07) is 9.72. The number of rotatable bonds is 6. The van der Waals surface area contributed by atoms with Crippen molar-refractivity contribution in [3.63, 3.8) is 0 Å². The third-order valence-electron chi connectivity index (χ3n) is 5.86. The second kappa shape index (κ2) is 8.86. The minimum absolute atomic E-state index is 0.268. The summed E-state index contributed by atoms with van der Waals surface area (Å²) in [5.41, 5.74) is 3.85. The van der Waals surface area contributed by atoms with Gasteiger partial charge in [-0.1, -0.05) is 12.1 Å². The van der Waals surface area contributed by atoms with E-state index < -0.39 is 5.97 Å². The van der Waals surface area contributed by atoms with Gasteiger partial charge >= 0.3 is 5.97 Å². The fraction of sp³-hybridized carbons (Fsp3) is 0.280. The normalized spacial score (nSPS) is 13.2. The molecule has 33 heavy (non-hydrogen) atoms. The van der Waals surface area contributed by atoms with Crippen LogP contribution in [0, 0.1) is 5.82 Å². The number of aromatic nitrogens is 1. The third-order valence-corrected chi connectivity index (χ3v) is 7.07. The van der Waals surface area contributed by atoms with Crippen LogP contribution < -0.4 is 5.32 Å². The maximum atomic E-state index is 13.7. The van der Waals surface area contributed by atoms with Crippen molar-refractivity contribution in [2.75, 3.05) is 11.9 Å². The molecule has 1 aromatic carbocycles. The highest BCUT2D eigenvalue weighted by Crippen LogP contribution is 2.39. The van der Waals surface area contributed by atoms with E-state index in [4.69, 9.17) is 9.15 Å². The summed E-state index contributed by atoms with van der Waals surface area (Å²) in [6.07, 6.45) is 5.33. The highest BCUT2D eigenvalue weighted by atomic mass is 32.1. The van der Waals surface area contributed by atoms with Crippen LogP contribution in [0.25, 0.3) is 11.1 Å². The Balaban J connectivity index is 1.51. The second-order valence-corrected chi connectivity index (χ2v) is 9.11. The average Bonchev–Trinajstić information content (AvgIpc) is 3.47. The lowest BCUT2D eigenvalue weighted by molar-refractivity contribution is 0.0526. The van der Waals surface area contributed by atoms with Crippen LogP contribution >= 0.6 is 11.3 Å². The first-order chi connectivity index (χ1) is 16.0. The van der Waals surface area contributed by atoms with Gasteiger partial charge in [-0.25, -0.2) is 9.18 Å². The van der Waals surface area contributed by atoms with Crippen molar-refractivity contribution in [2.24, 2.45) is 0 Å². The highest BCUT2D eigenvalue weighted by Gasteiger charge is 2.28.